The number of ether oxygens (including phenoxy) is 2. The van der Waals surface area contributed by atoms with Crippen LogP contribution >= 0.6 is 11.6 Å². The lowest BCUT2D eigenvalue weighted by atomic mass is 9.98. The molecule has 2 unspecified atom stereocenters. The van der Waals surface area contributed by atoms with Crippen LogP contribution in [0.3, 0.4) is 0 Å². The second kappa shape index (κ2) is 9.49. The van der Waals surface area contributed by atoms with Gasteiger partial charge in [0.2, 0.25) is 0 Å². The molecular formula is C27H24ClNO5. The minimum Gasteiger partial charge on any atom is -0.480 e. The van der Waals surface area contributed by atoms with Crippen molar-refractivity contribution in [1.82, 2.24) is 4.90 Å². The molecule has 0 aromatic heterocycles. The molecule has 1 N–H and O–H groups in total. The van der Waals surface area contributed by atoms with Crippen molar-refractivity contribution in [2.45, 2.75) is 31.1 Å². The van der Waals surface area contributed by atoms with E-state index in [9.17, 15) is 14.7 Å². The van der Waals surface area contributed by atoms with E-state index in [1.54, 1.807) is 12.1 Å². The first-order valence-electron chi connectivity index (χ1n) is 11.2. The summed E-state index contributed by atoms with van der Waals surface area (Å²) in [5.41, 5.74) is 5.42. The normalized spacial score (nSPS) is 19.0. The van der Waals surface area contributed by atoms with E-state index in [1.807, 2.05) is 48.5 Å². The summed E-state index contributed by atoms with van der Waals surface area (Å²) in [5, 5.41) is 10.3. The molecule has 3 aromatic rings. The summed E-state index contributed by atoms with van der Waals surface area (Å²) >= 11 is 5.92. The summed E-state index contributed by atoms with van der Waals surface area (Å²) in [6.45, 7) is 0.625. The van der Waals surface area contributed by atoms with Crippen LogP contribution in [0.2, 0.25) is 5.02 Å². The van der Waals surface area contributed by atoms with Crippen molar-refractivity contribution in [3.8, 4) is 11.1 Å². The predicted octanol–water partition coefficient (Wildman–Crippen LogP) is 5.33. The van der Waals surface area contributed by atoms with Gasteiger partial charge in [0.05, 0.1) is 19.3 Å². The average Bonchev–Trinajstić information content (AvgIpc) is 3.42. The maximum Gasteiger partial charge on any atom is 0.410 e. The van der Waals surface area contributed by atoms with Crippen molar-refractivity contribution < 1.29 is 24.2 Å². The fraction of sp³-hybridized carbons (Fsp3) is 0.259. The second-order valence-electron chi connectivity index (χ2n) is 8.61. The Morgan fingerprint density at radius 1 is 0.941 bits per heavy atom. The second-order valence-corrected chi connectivity index (χ2v) is 9.04. The number of fused-ring (bicyclic) bond motifs is 3. The van der Waals surface area contributed by atoms with E-state index in [-0.39, 0.29) is 25.5 Å². The molecule has 1 heterocycles. The topological polar surface area (TPSA) is 76.1 Å². The van der Waals surface area contributed by atoms with Gasteiger partial charge in [0.1, 0.15) is 12.6 Å². The van der Waals surface area contributed by atoms with Gasteiger partial charge in [-0.25, -0.2) is 9.59 Å². The Balaban J connectivity index is 1.25. The van der Waals surface area contributed by atoms with Crippen LogP contribution in [0, 0.1) is 0 Å². The van der Waals surface area contributed by atoms with Crippen LogP contribution in [0.1, 0.15) is 29.0 Å². The van der Waals surface area contributed by atoms with Crippen LogP contribution in [-0.2, 0) is 20.9 Å². The summed E-state index contributed by atoms with van der Waals surface area (Å²) in [6, 6.07) is 22.5. The highest BCUT2D eigenvalue weighted by atomic mass is 35.5. The number of carboxylic acid groups (broad SMARTS) is 1. The quantitative estimate of drug-likeness (QED) is 0.519. The lowest BCUT2D eigenvalue weighted by molar-refractivity contribution is -0.141. The van der Waals surface area contributed by atoms with E-state index in [0.717, 1.165) is 27.8 Å². The first kappa shape index (κ1) is 22.4. The molecule has 7 heteroatoms. The standard InChI is InChI=1S/C27H24ClNO5/c28-18-11-9-17(10-12-18)15-33-19-13-25(26(30)31)29(14-19)27(32)34-16-24-22-7-3-1-5-20(22)21-6-2-4-8-23(21)24/h1-12,19,24-25H,13-16H2,(H,30,31). The van der Waals surface area contributed by atoms with E-state index in [4.69, 9.17) is 21.1 Å². The maximum absolute atomic E-state index is 13.0. The number of nitrogens with zero attached hydrogens (tertiary/aromatic N) is 1. The molecule has 0 radical (unpaired) electrons. The Morgan fingerprint density at radius 3 is 2.18 bits per heavy atom. The average molecular weight is 478 g/mol. The van der Waals surface area contributed by atoms with Crippen LogP contribution < -0.4 is 0 Å². The molecule has 2 aliphatic rings. The molecule has 6 nitrogen and oxygen atoms in total. The molecule has 3 aromatic carbocycles. The Labute approximate surface area is 202 Å². The molecule has 0 saturated carbocycles. The number of hydrogen-bond acceptors (Lipinski definition) is 4. The molecule has 2 atom stereocenters. The predicted molar refractivity (Wildman–Crippen MR) is 128 cm³/mol. The van der Waals surface area contributed by atoms with Gasteiger partial charge in [-0.15, -0.1) is 0 Å². The highest BCUT2D eigenvalue weighted by Gasteiger charge is 2.41. The van der Waals surface area contributed by atoms with Crippen molar-refractivity contribution in [2.75, 3.05) is 13.2 Å². The minimum absolute atomic E-state index is 0.0841. The highest BCUT2D eigenvalue weighted by molar-refractivity contribution is 6.30. The third-order valence-electron chi connectivity index (χ3n) is 6.52. The van der Waals surface area contributed by atoms with E-state index in [0.29, 0.717) is 11.6 Å². The Hall–Kier alpha value is -3.35. The number of carbonyl (C=O) groups excluding carboxylic acids is 1. The minimum atomic E-state index is -1.06. The first-order valence-corrected chi connectivity index (χ1v) is 11.6. The molecule has 1 fully saturated rings. The SMILES string of the molecule is O=C(O)C1CC(OCc2ccc(Cl)cc2)CN1C(=O)OCC1c2ccccc2-c2ccccc21. The number of likely N-dealkylation sites (tertiary alicyclic amines) is 1. The number of carbonyl (C=O) groups is 2. The summed E-state index contributed by atoms with van der Waals surface area (Å²) in [6.07, 6.45) is -0.809. The molecule has 1 aliphatic carbocycles. The van der Waals surface area contributed by atoms with E-state index >= 15 is 0 Å². The number of halogens is 1. The lowest BCUT2D eigenvalue weighted by Crippen LogP contribution is -2.41. The summed E-state index contributed by atoms with van der Waals surface area (Å²) < 4.78 is 11.6. The van der Waals surface area contributed by atoms with Gasteiger partial charge in [-0.1, -0.05) is 72.3 Å². The Kier molecular flexibility index (Phi) is 6.26. The highest BCUT2D eigenvalue weighted by Crippen LogP contribution is 2.44. The van der Waals surface area contributed by atoms with Crippen LogP contribution in [0.15, 0.2) is 72.8 Å². The van der Waals surface area contributed by atoms with E-state index in [1.165, 1.54) is 4.90 Å². The van der Waals surface area contributed by atoms with Crippen LogP contribution in [-0.4, -0.2) is 47.4 Å². The molecular weight excluding hydrogens is 454 g/mol. The van der Waals surface area contributed by atoms with Gasteiger partial charge in [0.15, 0.2) is 0 Å². The number of carboxylic acids is 1. The van der Waals surface area contributed by atoms with Crippen LogP contribution in [0.25, 0.3) is 11.1 Å². The number of rotatable bonds is 6. The van der Waals surface area contributed by atoms with Crippen molar-refractivity contribution in [2.24, 2.45) is 0 Å². The van der Waals surface area contributed by atoms with Crippen molar-refractivity contribution in [3.63, 3.8) is 0 Å². The monoisotopic (exact) mass is 477 g/mol. The zero-order valence-corrected chi connectivity index (χ0v) is 19.1. The molecule has 1 aliphatic heterocycles. The van der Waals surface area contributed by atoms with Crippen LogP contribution in [0.4, 0.5) is 4.79 Å². The molecule has 0 spiro atoms. The van der Waals surface area contributed by atoms with Gasteiger partial charge in [-0.3, -0.25) is 4.90 Å². The molecule has 174 valence electrons. The fourth-order valence-corrected chi connectivity index (χ4v) is 4.95. The molecule has 0 bridgehead atoms. The van der Waals surface area contributed by atoms with Crippen LogP contribution in [0.5, 0.6) is 0 Å². The number of benzene rings is 3. The summed E-state index contributed by atoms with van der Waals surface area (Å²) in [7, 11) is 0. The van der Waals surface area contributed by atoms with Gasteiger partial charge >= 0.3 is 12.1 Å². The zero-order chi connectivity index (χ0) is 23.7. The summed E-state index contributed by atoms with van der Waals surface area (Å²) in [4.78, 5) is 26.1. The van der Waals surface area contributed by atoms with Gasteiger partial charge in [0, 0.05) is 17.4 Å². The summed E-state index contributed by atoms with van der Waals surface area (Å²) in [5.74, 6) is -1.15. The largest absolute Gasteiger partial charge is 0.480 e. The Bertz CT molecular complexity index is 1170. The fourth-order valence-electron chi connectivity index (χ4n) is 4.83. The smallest absolute Gasteiger partial charge is 0.410 e. The number of amides is 1. The van der Waals surface area contributed by atoms with Crippen molar-refractivity contribution >= 4 is 23.7 Å². The zero-order valence-electron chi connectivity index (χ0n) is 18.4. The lowest BCUT2D eigenvalue weighted by Gasteiger charge is -2.22. The molecule has 5 rings (SSSR count). The Morgan fingerprint density at radius 2 is 1.56 bits per heavy atom. The van der Waals surface area contributed by atoms with Crippen molar-refractivity contribution in [1.29, 1.82) is 0 Å². The number of aliphatic carboxylic acids is 1. The van der Waals surface area contributed by atoms with Gasteiger partial charge < -0.3 is 14.6 Å². The third-order valence-corrected chi connectivity index (χ3v) is 6.77. The molecule has 34 heavy (non-hydrogen) atoms. The molecule has 1 amide bonds. The van der Waals surface area contributed by atoms with E-state index in [2.05, 4.69) is 12.1 Å². The first-order chi connectivity index (χ1) is 16.5. The molecule has 1 saturated heterocycles. The van der Waals surface area contributed by atoms with E-state index < -0.39 is 24.2 Å². The number of hydrogen-bond donors (Lipinski definition) is 1. The van der Waals surface area contributed by atoms with Crippen molar-refractivity contribution in [3.05, 3.63) is 94.5 Å². The van der Waals surface area contributed by atoms with Gasteiger partial charge in [-0.05, 0) is 39.9 Å². The van der Waals surface area contributed by atoms with Gasteiger partial charge in [-0.2, -0.15) is 0 Å². The third kappa shape index (κ3) is 4.39. The van der Waals surface area contributed by atoms with Gasteiger partial charge in [0.25, 0.3) is 0 Å². The maximum atomic E-state index is 13.0.